The van der Waals surface area contributed by atoms with Gasteiger partial charge in [-0.05, 0) is 11.8 Å². The number of carbonyl (C=O) groups excluding carboxylic acids is 1. The van der Waals surface area contributed by atoms with Gasteiger partial charge in [0, 0.05) is 6.42 Å². The molecule has 3 heteroatoms. The minimum atomic E-state index is 0.234. The van der Waals surface area contributed by atoms with E-state index >= 15 is 0 Å². The maximum absolute atomic E-state index is 10.3. The van der Waals surface area contributed by atoms with Gasteiger partial charge in [0.25, 0.3) is 0 Å². The van der Waals surface area contributed by atoms with Gasteiger partial charge in [0.05, 0.1) is 0 Å². The summed E-state index contributed by atoms with van der Waals surface area (Å²) in [7, 11) is 0. The van der Waals surface area contributed by atoms with E-state index in [0.29, 0.717) is 13.0 Å². The standard InChI is InChI=1S/C12H24O3/c1-5-6-7-8-11(15-13)14-10-9-12(2,3)4/h5-10H2,1-4H3. The van der Waals surface area contributed by atoms with Crippen molar-refractivity contribution in [3.8, 4) is 0 Å². The molecular weight excluding hydrogens is 192 g/mol. The minimum absolute atomic E-state index is 0.234. The van der Waals surface area contributed by atoms with Gasteiger partial charge in [0.2, 0.25) is 0 Å². The summed E-state index contributed by atoms with van der Waals surface area (Å²) in [6.45, 7) is 9.12. The Labute approximate surface area is 93.1 Å². The molecule has 0 fully saturated rings. The first-order chi connectivity index (χ1) is 6.99. The third kappa shape index (κ3) is 9.57. The van der Waals surface area contributed by atoms with Crippen LogP contribution in [0.5, 0.6) is 0 Å². The Balaban J connectivity index is 3.63. The van der Waals surface area contributed by atoms with Gasteiger partial charge >= 0.3 is 5.97 Å². The van der Waals surface area contributed by atoms with Gasteiger partial charge in [-0.25, -0.2) is 0 Å². The molecule has 0 spiro atoms. The molecule has 0 aliphatic carbocycles. The van der Waals surface area contributed by atoms with Gasteiger partial charge < -0.3 is 9.99 Å². The van der Waals surface area contributed by atoms with E-state index in [4.69, 9.17) is 4.74 Å². The zero-order chi connectivity index (χ0) is 11.7. The zero-order valence-electron chi connectivity index (χ0n) is 10.5. The molecule has 0 saturated heterocycles. The molecule has 0 bridgehead atoms. The summed E-state index contributed by atoms with van der Waals surface area (Å²) >= 11 is 0. The second-order valence-corrected chi connectivity index (χ2v) is 5.07. The van der Waals surface area contributed by atoms with E-state index in [1.54, 1.807) is 0 Å². The molecule has 0 unspecified atom stereocenters. The molecule has 3 nitrogen and oxygen atoms in total. The van der Waals surface area contributed by atoms with Crippen molar-refractivity contribution in [1.82, 2.24) is 0 Å². The summed E-state index contributed by atoms with van der Waals surface area (Å²) in [6.07, 6.45) is 4.75. The number of hydrogen-bond acceptors (Lipinski definition) is 2. The van der Waals surface area contributed by atoms with Crippen molar-refractivity contribution in [2.75, 3.05) is 6.61 Å². The Morgan fingerprint density at radius 3 is 2.40 bits per heavy atom. The molecule has 0 radical (unpaired) electrons. The highest BCUT2D eigenvalue weighted by atomic mass is 17.1. The average Bonchev–Trinajstić information content (AvgIpc) is 2.14. The maximum atomic E-state index is 10.3. The highest BCUT2D eigenvalue weighted by Gasteiger charge is 2.17. The highest BCUT2D eigenvalue weighted by molar-refractivity contribution is 5.69. The maximum Gasteiger partial charge on any atom is 0.497 e. The van der Waals surface area contributed by atoms with Gasteiger partial charge in [-0.2, -0.15) is 0 Å². The van der Waals surface area contributed by atoms with Crippen LogP contribution < -0.4 is 5.26 Å². The first-order valence-electron chi connectivity index (χ1n) is 5.78. The van der Waals surface area contributed by atoms with Gasteiger partial charge in [0.1, 0.15) is 6.42 Å². The van der Waals surface area contributed by atoms with Crippen molar-refractivity contribution < 1.29 is 14.6 Å². The van der Waals surface area contributed by atoms with Crippen LogP contribution in [0.3, 0.4) is 0 Å². The monoisotopic (exact) mass is 216 g/mol. The van der Waals surface area contributed by atoms with Crippen molar-refractivity contribution in [2.24, 2.45) is 5.41 Å². The van der Waals surface area contributed by atoms with E-state index in [2.05, 4.69) is 32.3 Å². The molecule has 0 aromatic heterocycles. The molecule has 0 aliphatic heterocycles. The first-order valence-corrected chi connectivity index (χ1v) is 5.78. The fraction of sp³-hybridized carbons (Fsp3) is 0.917. The van der Waals surface area contributed by atoms with Crippen LogP contribution in [0.4, 0.5) is 0 Å². The summed E-state index contributed by atoms with van der Waals surface area (Å²) in [4.78, 5) is 0. The quantitative estimate of drug-likeness (QED) is 0.225. The summed E-state index contributed by atoms with van der Waals surface area (Å²) in [6, 6.07) is 0. The van der Waals surface area contributed by atoms with E-state index in [-0.39, 0.29) is 11.4 Å². The topological polar surface area (TPSA) is 43.6 Å². The fourth-order valence-electron chi connectivity index (χ4n) is 1.13. The Morgan fingerprint density at radius 1 is 1.27 bits per heavy atom. The molecule has 0 saturated carbocycles. The predicted molar refractivity (Wildman–Crippen MR) is 59.2 cm³/mol. The van der Waals surface area contributed by atoms with Crippen LogP contribution in [0.1, 0.15) is 59.8 Å². The number of hydrogen-bond donors (Lipinski definition) is 0. The van der Waals surface area contributed by atoms with Crippen LogP contribution in [0.15, 0.2) is 0 Å². The highest BCUT2D eigenvalue weighted by Crippen LogP contribution is 2.18. The molecule has 90 valence electrons. The summed E-state index contributed by atoms with van der Waals surface area (Å²) in [5, 5.41) is 10.3. The van der Waals surface area contributed by atoms with Gasteiger partial charge in [0.15, 0.2) is 6.61 Å². The van der Waals surface area contributed by atoms with E-state index in [1.807, 2.05) is 0 Å². The summed E-state index contributed by atoms with van der Waals surface area (Å²) in [5.41, 5.74) is 0.234. The SMILES string of the molecule is CCCCCC(OCCC(C)(C)C)=[O+][O-]. The molecule has 15 heavy (non-hydrogen) atoms. The summed E-state index contributed by atoms with van der Waals surface area (Å²) in [5.74, 6) is 0.243. The lowest BCUT2D eigenvalue weighted by Gasteiger charge is -2.14. The molecule has 0 rings (SSSR count). The van der Waals surface area contributed by atoms with Gasteiger partial charge in [-0.15, -0.1) is 0 Å². The molecule has 0 amide bonds. The Kier molecular flexibility index (Phi) is 7.18. The van der Waals surface area contributed by atoms with Crippen molar-refractivity contribution >= 4 is 5.97 Å². The van der Waals surface area contributed by atoms with Crippen molar-refractivity contribution in [1.29, 1.82) is 0 Å². The molecule has 0 aliphatic rings. The largest absolute Gasteiger partial charge is 0.588 e. The Morgan fingerprint density at radius 2 is 1.93 bits per heavy atom. The van der Waals surface area contributed by atoms with E-state index in [1.165, 1.54) is 0 Å². The first kappa shape index (κ1) is 14.3. The number of esters is 1. The Hall–Kier alpha value is -0.730. The van der Waals surface area contributed by atoms with Crippen LogP contribution in [0.2, 0.25) is 0 Å². The van der Waals surface area contributed by atoms with E-state index in [9.17, 15) is 5.26 Å². The third-order valence-electron chi connectivity index (χ3n) is 2.19. The number of rotatable bonds is 6. The summed E-state index contributed by atoms with van der Waals surface area (Å²) < 4.78 is 9.25. The predicted octanol–water partition coefficient (Wildman–Crippen LogP) is 2.36. The van der Waals surface area contributed by atoms with Crippen molar-refractivity contribution in [3.05, 3.63) is 0 Å². The van der Waals surface area contributed by atoms with Crippen molar-refractivity contribution in [2.45, 2.75) is 59.8 Å². The zero-order valence-corrected chi connectivity index (χ0v) is 10.5. The van der Waals surface area contributed by atoms with Crippen LogP contribution in [-0.4, -0.2) is 12.6 Å². The minimum Gasteiger partial charge on any atom is -0.588 e. The lowest BCUT2D eigenvalue weighted by molar-refractivity contribution is -1.05. The van der Waals surface area contributed by atoms with Crippen molar-refractivity contribution in [3.63, 3.8) is 0 Å². The smallest absolute Gasteiger partial charge is 0.497 e. The van der Waals surface area contributed by atoms with E-state index in [0.717, 1.165) is 25.7 Å². The molecule has 0 aromatic rings. The fourth-order valence-corrected chi connectivity index (χ4v) is 1.13. The second kappa shape index (κ2) is 7.55. The normalized spacial score (nSPS) is 12.9. The molecule has 0 atom stereocenters. The number of ether oxygens (including phenoxy) is 1. The lowest BCUT2D eigenvalue weighted by atomic mass is 9.93. The molecular formula is C12H24O3. The average molecular weight is 216 g/mol. The lowest BCUT2D eigenvalue weighted by Crippen LogP contribution is -2.17. The number of unbranched alkanes of at least 4 members (excludes halogenated alkanes) is 2. The molecule has 0 heterocycles. The van der Waals surface area contributed by atoms with Crippen LogP contribution >= 0.6 is 0 Å². The van der Waals surface area contributed by atoms with Crippen LogP contribution in [0, 0.1) is 5.41 Å². The van der Waals surface area contributed by atoms with E-state index < -0.39 is 0 Å². The Bertz CT molecular complexity index is 180. The second-order valence-electron chi connectivity index (χ2n) is 5.07. The third-order valence-corrected chi connectivity index (χ3v) is 2.19. The van der Waals surface area contributed by atoms with Gasteiger partial charge in [-0.3, -0.25) is 4.58 Å². The van der Waals surface area contributed by atoms with Crippen LogP contribution in [-0.2, 0) is 9.31 Å². The molecule has 0 aromatic carbocycles. The van der Waals surface area contributed by atoms with Gasteiger partial charge in [-0.1, -0.05) is 40.5 Å². The van der Waals surface area contributed by atoms with Crippen LogP contribution in [0.25, 0.3) is 0 Å². The molecule has 0 N–H and O–H groups in total.